The Morgan fingerprint density at radius 1 is 1.39 bits per heavy atom. The standard InChI is InChI=1S/C14H16FN3/c1-10-6-7-18(17-10)14-5-2-12(15)8-11(14)9-16-13-3-4-13/h2,5-8,13,16H,3-4,9H2,1H3. The molecule has 1 aliphatic carbocycles. The number of rotatable bonds is 4. The first-order valence-electron chi connectivity index (χ1n) is 6.27. The minimum atomic E-state index is -0.199. The van der Waals surface area contributed by atoms with E-state index in [0.29, 0.717) is 12.6 Å². The Kier molecular flexibility index (Phi) is 2.88. The molecule has 94 valence electrons. The van der Waals surface area contributed by atoms with Gasteiger partial charge in [-0.1, -0.05) is 0 Å². The molecule has 1 fully saturated rings. The SMILES string of the molecule is Cc1ccn(-c2ccc(F)cc2CNC2CC2)n1. The van der Waals surface area contributed by atoms with Crippen LogP contribution in [0.3, 0.4) is 0 Å². The second kappa shape index (κ2) is 4.53. The third-order valence-electron chi connectivity index (χ3n) is 3.17. The maximum Gasteiger partial charge on any atom is 0.123 e. The van der Waals surface area contributed by atoms with Gasteiger partial charge in [0, 0.05) is 18.8 Å². The summed E-state index contributed by atoms with van der Waals surface area (Å²) in [6.07, 6.45) is 4.36. The lowest BCUT2D eigenvalue weighted by Gasteiger charge is -2.10. The third-order valence-corrected chi connectivity index (χ3v) is 3.17. The molecule has 1 aromatic carbocycles. The van der Waals surface area contributed by atoms with Crippen LogP contribution in [0.2, 0.25) is 0 Å². The molecule has 18 heavy (non-hydrogen) atoms. The van der Waals surface area contributed by atoms with Crippen molar-refractivity contribution in [3.8, 4) is 5.69 Å². The van der Waals surface area contributed by atoms with Gasteiger partial charge in [0.25, 0.3) is 0 Å². The van der Waals surface area contributed by atoms with Crippen molar-refractivity contribution in [1.82, 2.24) is 15.1 Å². The number of aromatic nitrogens is 2. The maximum absolute atomic E-state index is 13.4. The van der Waals surface area contributed by atoms with Gasteiger partial charge >= 0.3 is 0 Å². The molecule has 1 N–H and O–H groups in total. The fraction of sp³-hybridized carbons (Fsp3) is 0.357. The van der Waals surface area contributed by atoms with Crippen molar-refractivity contribution < 1.29 is 4.39 Å². The average molecular weight is 245 g/mol. The Labute approximate surface area is 106 Å². The monoisotopic (exact) mass is 245 g/mol. The van der Waals surface area contributed by atoms with Crippen LogP contribution in [0.15, 0.2) is 30.5 Å². The Hall–Kier alpha value is -1.68. The van der Waals surface area contributed by atoms with Crippen LogP contribution in [0.4, 0.5) is 4.39 Å². The van der Waals surface area contributed by atoms with E-state index in [1.807, 2.05) is 19.2 Å². The minimum Gasteiger partial charge on any atom is -0.310 e. The van der Waals surface area contributed by atoms with Crippen LogP contribution in [0.1, 0.15) is 24.1 Å². The Morgan fingerprint density at radius 3 is 2.89 bits per heavy atom. The first-order chi connectivity index (χ1) is 8.72. The molecule has 4 heteroatoms. The van der Waals surface area contributed by atoms with Crippen molar-refractivity contribution in [3.63, 3.8) is 0 Å². The topological polar surface area (TPSA) is 29.9 Å². The molecule has 0 amide bonds. The molecule has 0 atom stereocenters. The van der Waals surface area contributed by atoms with Gasteiger partial charge in [-0.05, 0) is 49.6 Å². The summed E-state index contributed by atoms with van der Waals surface area (Å²) in [6.45, 7) is 2.64. The molecular formula is C14H16FN3. The summed E-state index contributed by atoms with van der Waals surface area (Å²) in [4.78, 5) is 0. The average Bonchev–Trinajstić information content (AvgIpc) is 3.08. The molecule has 2 aromatic rings. The predicted octanol–water partition coefficient (Wildman–Crippen LogP) is 2.57. The Balaban J connectivity index is 1.91. The van der Waals surface area contributed by atoms with Gasteiger partial charge in [-0.15, -0.1) is 0 Å². The van der Waals surface area contributed by atoms with Crippen LogP contribution >= 0.6 is 0 Å². The van der Waals surface area contributed by atoms with Crippen LogP contribution in [0, 0.1) is 12.7 Å². The van der Waals surface area contributed by atoms with Crippen LogP contribution < -0.4 is 5.32 Å². The summed E-state index contributed by atoms with van der Waals surface area (Å²) in [6, 6.07) is 7.41. The van der Waals surface area contributed by atoms with E-state index in [0.717, 1.165) is 16.9 Å². The van der Waals surface area contributed by atoms with Crippen molar-refractivity contribution in [2.45, 2.75) is 32.4 Å². The molecule has 1 aromatic heterocycles. The predicted molar refractivity (Wildman–Crippen MR) is 68.1 cm³/mol. The zero-order valence-electron chi connectivity index (χ0n) is 10.4. The molecule has 0 radical (unpaired) electrons. The zero-order chi connectivity index (χ0) is 12.5. The summed E-state index contributed by atoms with van der Waals surface area (Å²) in [5, 5.41) is 7.79. The molecule has 1 heterocycles. The van der Waals surface area contributed by atoms with Crippen molar-refractivity contribution in [3.05, 3.63) is 47.5 Å². The van der Waals surface area contributed by atoms with Crippen LogP contribution in [-0.2, 0) is 6.54 Å². The van der Waals surface area contributed by atoms with Gasteiger partial charge in [-0.25, -0.2) is 9.07 Å². The van der Waals surface area contributed by atoms with Crippen LogP contribution in [-0.4, -0.2) is 15.8 Å². The smallest absolute Gasteiger partial charge is 0.123 e. The third kappa shape index (κ3) is 2.43. The lowest BCUT2D eigenvalue weighted by atomic mass is 10.1. The van der Waals surface area contributed by atoms with E-state index in [4.69, 9.17) is 0 Å². The van der Waals surface area contributed by atoms with Gasteiger partial charge in [0.1, 0.15) is 5.82 Å². The summed E-state index contributed by atoms with van der Waals surface area (Å²) < 4.78 is 15.2. The van der Waals surface area contributed by atoms with Gasteiger partial charge in [0.05, 0.1) is 11.4 Å². The normalized spacial score (nSPS) is 15.0. The highest BCUT2D eigenvalue weighted by molar-refractivity contribution is 5.41. The number of hydrogen-bond donors (Lipinski definition) is 1. The molecule has 0 bridgehead atoms. The number of aryl methyl sites for hydroxylation is 1. The largest absolute Gasteiger partial charge is 0.310 e. The van der Waals surface area contributed by atoms with Gasteiger partial charge in [-0.2, -0.15) is 5.10 Å². The van der Waals surface area contributed by atoms with E-state index in [1.54, 1.807) is 16.8 Å². The number of nitrogens with one attached hydrogen (secondary N) is 1. The number of hydrogen-bond acceptors (Lipinski definition) is 2. The number of nitrogens with zero attached hydrogens (tertiary/aromatic N) is 2. The van der Waals surface area contributed by atoms with Crippen molar-refractivity contribution in [2.24, 2.45) is 0 Å². The summed E-state index contributed by atoms with van der Waals surface area (Å²) >= 11 is 0. The Morgan fingerprint density at radius 2 is 2.22 bits per heavy atom. The van der Waals surface area contributed by atoms with E-state index in [1.165, 1.54) is 18.9 Å². The van der Waals surface area contributed by atoms with Crippen LogP contribution in [0.5, 0.6) is 0 Å². The molecule has 0 unspecified atom stereocenters. The van der Waals surface area contributed by atoms with Crippen molar-refractivity contribution in [1.29, 1.82) is 0 Å². The summed E-state index contributed by atoms with van der Waals surface area (Å²) in [5.41, 5.74) is 2.85. The summed E-state index contributed by atoms with van der Waals surface area (Å²) in [7, 11) is 0. The van der Waals surface area contributed by atoms with E-state index in [9.17, 15) is 4.39 Å². The van der Waals surface area contributed by atoms with Gasteiger partial charge in [0.2, 0.25) is 0 Å². The molecule has 3 rings (SSSR count). The second-order valence-corrected chi connectivity index (χ2v) is 4.83. The fourth-order valence-corrected chi connectivity index (χ4v) is 2.01. The maximum atomic E-state index is 13.4. The molecule has 0 aliphatic heterocycles. The highest BCUT2D eigenvalue weighted by Crippen LogP contribution is 2.21. The van der Waals surface area contributed by atoms with E-state index < -0.39 is 0 Å². The molecule has 0 spiro atoms. The van der Waals surface area contributed by atoms with Gasteiger partial charge in [-0.3, -0.25) is 0 Å². The van der Waals surface area contributed by atoms with Crippen molar-refractivity contribution >= 4 is 0 Å². The second-order valence-electron chi connectivity index (χ2n) is 4.83. The molecule has 0 saturated heterocycles. The number of halogens is 1. The fourth-order valence-electron chi connectivity index (χ4n) is 2.01. The molecule has 1 aliphatic rings. The molecular weight excluding hydrogens is 229 g/mol. The van der Waals surface area contributed by atoms with Crippen LogP contribution in [0.25, 0.3) is 5.69 Å². The first kappa shape index (κ1) is 11.4. The van der Waals surface area contributed by atoms with Gasteiger partial charge < -0.3 is 5.32 Å². The Bertz CT molecular complexity index is 558. The molecule has 1 saturated carbocycles. The van der Waals surface area contributed by atoms with Gasteiger partial charge in [0.15, 0.2) is 0 Å². The minimum absolute atomic E-state index is 0.199. The van der Waals surface area contributed by atoms with E-state index in [2.05, 4.69) is 10.4 Å². The highest BCUT2D eigenvalue weighted by Gasteiger charge is 2.20. The first-order valence-corrected chi connectivity index (χ1v) is 6.27. The lowest BCUT2D eigenvalue weighted by molar-refractivity contribution is 0.617. The quantitative estimate of drug-likeness (QED) is 0.897. The lowest BCUT2D eigenvalue weighted by Crippen LogP contribution is -2.17. The molecule has 3 nitrogen and oxygen atoms in total. The zero-order valence-corrected chi connectivity index (χ0v) is 10.4. The highest BCUT2D eigenvalue weighted by atomic mass is 19.1. The number of benzene rings is 1. The summed E-state index contributed by atoms with van der Waals surface area (Å²) in [5.74, 6) is -0.199. The van der Waals surface area contributed by atoms with Crippen molar-refractivity contribution in [2.75, 3.05) is 0 Å². The van der Waals surface area contributed by atoms with E-state index in [-0.39, 0.29) is 5.82 Å². The van der Waals surface area contributed by atoms with E-state index >= 15 is 0 Å².